The van der Waals surface area contributed by atoms with Gasteiger partial charge in [0.2, 0.25) is 10.0 Å². The molecule has 0 fully saturated rings. The average molecular weight is 302 g/mol. The number of rotatable bonds is 5. The maximum Gasteiger partial charge on any atom is 0.243 e. The number of nitrogens with zero attached hydrogens (tertiary/aromatic N) is 2. The number of nitrogen functional groups attached to an aromatic ring is 1. The third-order valence-corrected chi connectivity index (χ3v) is 5.17. The number of hydrogen-bond acceptors (Lipinski definition) is 4. The van der Waals surface area contributed by atoms with Crippen LogP contribution >= 0.6 is 11.6 Å². The van der Waals surface area contributed by atoms with Crippen LogP contribution in [-0.2, 0) is 10.0 Å². The molecule has 0 amide bonds. The fourth-order valence-corrected chi connectivity index (χ4v) is 3.40. The summed E-state index contributed by atoms with van der Waals surface area (Å²) in [6.45, 7) is 3.88. The van der Waals surface area contributed by atoms with E-state index in [1.54, 1.807) is 13.8 Å². The molecular formula is C12H16ClN3O2S. The van der Waals surface area contributed by atoms with Crippen LogP contribution in [0.5, 0.6) is 0 Å². The number of nitrogens with two attached hydrogens (primary N) is 1. The van der Waals surface area contributed by atoms with E-state index in [0.29, 0.717) is 16.3 Å². The van der Waals surface area contributed by atoms with Gasteiger partial charge in [-0.1, -0.05) is 18.5 Å². The first-order valence-corrected chi connectivity index (χ1v) is 7.59. The zero-order chi connectivity index (χ0) is 14.6. The van der Waals surface area contributed by atoms with Crippen LogP contribution in [-0.4, -0.2) is 25.8 Å². The van der Waals surface area contributed by atoms with Crippen molar-refractivity contribution >= 4 is 27.3 Å². The average Bonchev–Trinajstić information content (AvgIpc) is 2.36. The van der Waals surface area contributed by atoms with Gasteiger partial charge in [0.25, 0.3) is 0 Å². The summed E-state index contributed by atoms with van der Waals surface area (Å²) in [6, 6.07) is 4.71. The maximum absolute atomic E-state index is 12.4. The van der Waals surface area contributed by atoms with Crippen molar-refractivity contribution in [3.05, 3.63) is 22.7 Å². The SMILES string of the molecule is CCN(CCC#N)S(=O)(=O)c1cc(N)c(C)c(Cl)c1. The van der Waals surface area contributed by atoms with Crippen molar-refractivity contribution in [2.75, 3.05) is 18.8 Å². The van der Waals surface area contributed by atoms with E-state index in [9.17, 15) is 8.42 Å². The van der Waals surface area contributed by atoms with Gasteiger partial charge in [0, 0.05) is 30.2 Å². The standard InChI is InChI=1S/C12H16ClN3O2S/c1-3-16(6-4-5-14)19(17,18)10-7-11(13)9(2)12(15)8-10/h7-8H,3-4,6,15H2,1-2H3. The highest BCUT2D eigenvalue weighted by Crippen LogP contribution is 2.27. The van der Waals surface area contributed by atoms with E-state index < -0.39 is 10.0 Å². The molecule has 7 heteroatoms. The van der Waals surface area contributed by atoms with Crippen molar-refractivity contribution in [3.63, 3.8) is 0 Å². The van der Waals surface area contributed by atoms with Crippen LogP contribution in [0.3, 0.4) is 0 Å². The second-order valence-electron chi connectivity index (χ2n) is 4.02. The lowest BCUT2D eigenvalue weighted by atomic mass is 10.2. The molecule has 1 rings (SSSR count). The van der Waals surface area contributed by atoms with Crippen molar-refractivity contribution in [1.82, 2.24) is 4.31 Å². The van der Waals surface area contributed by atoms with Gasteiger partial charge in [-0.05, 0) is 24.6 Å². The van der Waals surface area contributed by atoms with Gasteiger partial charge < -0.3 is 5.73 Å². The third kappa shape index (κ3) is 3.38. The topological polar surface area (TPSA) is 87.2 Å². The first-order chi connectivity index (χ1) is 8.84. The molecule has 2 N–H and O–H groups in total. The van der Waals surface area contributed by atoms with Crippen molar-refractivity contribution in [2.24, 2.45) is 0 Å². The largest absolute Gasteiger partial charge is 0.398 e. The zero-order valence-electron chi connectivity index (χ0n) is 10.9. The predicted octanol–water partition coefficient (Wildman–Crippen LogP) is 2.15. The molecule has 104 valence electrons. The van der Waals surface area contributed by atoms with Crippen LogP contribution in [0, 0.1) is 18.3 Å². The fourth-order valence-electron chi connectivity index (χ4n) is 1.60. The van der Waals surface area contributed by atoms with E-state index in [1.807, 2.05) is 6.07 Å². The Morgan fingerprint density at radius 1 is 1.47 bits per heavy atom. The molecule has 1 aromatic rings. The molecule has 0 aliphatic rings. The monoisotopic (exact) mass is 301 g/mol. The third-order valence-electron chi connectivity index (χ3n) is 2.82. The molecule has 0 saturated heterocycles. The van der Waals surface area contributed by atoms with E-state index in [1.165, 1.54) is 16.4 Å². The van der Waals surface area contributed by atoms with Gasteiger partial charge in [0.1, 0.15) is 0 Å². The van der Waals surface area contributed by atoms with Gasteiger partial charge in [-0.15, -0.1) is 0 Å². The molecule has 0 aromatic heterocycles. The summed E-state index contributed by atoms with van der Waals surface area (Å²) in [5.41, 5.74) is 6.73. The van der Waals surface area contributed by atoms with Crippen LogP contribution in [0.2, 0.25) is 5.02 Å². The predicted molar refractivity (Wildman–Crippen MR) is 75.3 cm³/mol. The smallest absolute Gasteiger partial charge is 0.243 e. The van der Waals surface area contributed by atoms with E-state index in [2.05, 4.69) is 0 Å². The molecule has 1 aromatic carbocycles. The van der Waals surface area contributed by atoms with Crippen LogP contribution in [0.15, 0.2) is 17.0 Å². The number of hydrogen-bond donors (Lipinski definition) is 1. The Morgan fingerprint density at radius 3 is 2.58 bits per heavy atom. The number of halogens is 1. The second kappa shape index (κ2) is 6.24. The van der Waals surface area contributed by atoms with Gasteiger partial charge in [-0.25, -0.2) is 8.42 Å². The molecule has 0 heterocycles. The lowest BCUT2D eigenvalue weighted by Gasteiger charge is -2.20. The quantitative estimate of drug-likeness (QED) is 0.844. The van der Waals surface area contributed by atoms with E-state index in [-0.39, 0.29) is 24.4 Å². The number of nitriles is 1. The minimum absolute atomic E-state index is 0.0559. The van der Waals surface area contributed by atoms with Gasteiger partial charge in [0.05, 0.1) is 11.0 Å². The minimum Gasteiger partial charge on any atom is -0.398 e. The Bertz CT molecular complexity index is 585. The highest BCUT2D eigenvalue weighted by molar-refractivity contribution is 7.89. The van der Waals surface area contributed by atoms with Gasteiger partial charge in [0.15, 0.2) is 0 Å². The number of anilines is 1. The van der Waals surface area contributed by atoms with E-state index >= 15 is 0 Å². The van der Waals surface area contributed by atoms with Crippen LogP contribution < -0.4 is 5.73 Å². The molecule has 0 radical (unpaired) electrons. The van der Waals surface area contributed by atoms with Crippen LogP contribution in [0.1, 0.15) is 18.9 Å². The van der Waals surface area contributed by atoms with Crippen molar-refractivity contribution < 1.29 is 8.42 Å². The summed E-state index contributed by atoms with van der Waals surface area (Å²) < 4.78 is 26.0. The summed E-state index contributed by atoms with van der Waals surface area (Å²) in [5.74, 6) is 0. The Balaban J connectivity index is 3.23. The summed E-state index contributed by atoms with van der Waals surface area (Å²) >= 11 is 5.96. The molecule has 19 heavy (non-hydrogen) atoms. The summed E-state index contributed by atoms with van der Waals surface area (Å²) in [4.78, 5) is 0.0559. The van der Waals surface area contributed by atoms with Crippen LogP contribution in [0.4, 0.5) is 5.69 Å². The van der Waals surface area contributed by atoms with Crippen LogP contribution in [0.25, 0.3) is 0 Å². The lowest BCUT2D eigenvalue weighted by molar-refractivity contribution is 0.435. The molecule has 0 unspecified atom stereocenters. The Kier molecular flexibility index (Phi) is 5.18. The molecule has 0 aliphatic heterocycles. The first-order valence-electron chi connectivity index (χ1n) is 5.77. The summed E-state index contributed by atoms with van der Waals surface area (Å²) in [7, 11) is -3.67. The number of sulfonamides is 1. The van der Waals surface area contributed by atoms with Gasteiger partial charge in [-0.3, -0.25) is 0 Å². The maximum atomic E-state index is 12.4. The molecule has 0 atom stereocenters. The highest BCUT2D eigenvalue weighted by Gasteiger charge is 2.24. The zero-order valence-corrected chi connectivity index (χ0v) is 12.4. The molecule has 5 nitrogen and oxygen atoms in total. The van der Waals surface area contributed by atoms with Crippen molar-refractivity contribution in [3.8, 4) is 6.07 Å². The van der Waals surface area contributed by atoms with Crippen molar-refractivity contribution in [2.45, 2.75) is 25.2 Å². The first kappa shape index (κ1) is 15.8. The molecule has 0 bridgehead atoms. The molecule has 0 saturated carbocycles. The number of benzene rings is 1. The summed E-state index contributed by atoms with van der Waals surface area (Å²) in [6.07, 6.45) is 0.141. The second-order valence-corrected chi connectivity index (χ2v) is 6.37. The normalized spacial score (nSPS) is 11.5. The Labute approximate surface area is 118 Å². The van der Waals surface area contributed by atoms with E-state index in [0.717, 1.165) is 0 Å². The van der Waals surface area contributed by atoms with Gasteiger partial charge in [-0.2, -0.15) is 9.57 Å². The van der Waals surface area contributed by atoms with Gasteiger partial charge >= 0.3 is 0 Å². The molecule has 0 spiro atoms. The minimum atomic E-state index is -3.67. The fraction of sp³-hybridized carbons (Fsp3) is 0.417. The van der Waals surface area contributed by atoms with E-state index in [4.69, 9.17) is 22.6 Å². The Morgan fingerprint density at radius 2 is 2.11 bits per heavy atom. The highest BCUT2D eigenvalue weighted by atomic mass is 35.5. The van der Waals surface area contributed by atoms with Crippen molar-refractivity contribution in [1.29, 1.82) is 5.26 Å². The molecular weight excluding hydrogens is 286 g/mol. The molecule has 0 aliphatic carbocycles. The Hall–Kier alpha value is -1.29. The lowest BCUT2D eigenvalue weighted by Crippen LogP contribution is -2.31. The summed E-state index contributed by atoms with van der Waals surface area (Å²) in [5, 5.41) is 8.87.